The predicted octanol–water partition coefficient (Wildman–Crippen LogP) is 3.33. The molecule has 3 aromatic carbocycles. The van der Waals surface area contributed by atoms with Crippen molar-refractivity contribution in [3.8, 4) is 28.3 Å². The average molecular weight is 526 g/mol. The number of fused-ring (bicyclic) bond motifs is 1. The van der Waals surface area contributed by atoms with Crippen LogP contribution in [0.3, 0.4) is 0 Å². The molecule has 2 heterocycles. The molecule has 200 valence electrons. The minimum absolute atomic E-state index is 0.108. The van der Waals surface area contributed by atoms with E-state index in [0.717, 1.165) is 33.5 Å². The van der Waals surface area contributed by atoms with E-state index in [1.54, 1.807) is 36.9 Å². The van der Waals surface area contributed by atoms with Gasteiger partial charge in [-0.05, 0) is 72.4 Å². The van der Waals surface area contributed by atoms with Crippen LogP contribution in [0.2, 0.25) is 0 Å². The third-order valence-electron chi connectivity index (χ3n) is 6.69. The lowest BCUT2D eigenvalue weighted by atomic mass is 9.98. The van der Waals surface area contributed by atoms with Crippen molar-refractivity contribution in [2.24, 2.45) is 5.73 Å². The van der Waals surface area contributed by atoms with Crippen LogP contribution in [0.25, 0.3) is 22.5 Å². The van der Waals surface area contributed by atoms with Crippen LogP contribution in [0.5, 0.6) is 5.75 Å². The molecule has 10 heteroatoms. The van der Waals surface area contributed by atoms with Crippen LogP contribution in [0, 0.1) is 0 Å². The molecule has 1 atom stereocenters. The average Bonchev–Trinajstić information content (AvgIpc) is 3.40. The van der Waals surface area contributed by atoms with E-state index in [9.17, 15) is 14.7 Å². The number of aromatic nitrogens is 4. The lowest BCUT2D eigenvalue weighted by Crippen LogP contribution is -2.49. The van der Waals surface area contributed by atoms with Crippen molar-refractivity contribution in [2.75, 3.05) is 4.90 Å². The standard InChI is InChI=1S/C29H31N7O3/c1-29(2,30)16-26(38)31-24-13-11-20-15-21(37)12-14-25(20)36(28(24)39)17-18-7-9-19(10-8-18)22-5-3-4-6-23(22)27-32-34-35-33-27/h3-10,12,14-15,24,37H,11,13,16-17,30H2,1-2H3,(H,31,38)(H,32,33,34,35)/t24-/m1/s1. The molecule has 10 nitrogen and oxygen atoms in total. The van der Waals surface area contributed by atoms with Gasteiger partial charge in [-0.3, -0.25) is 9.59 Å². The molecule has 0 saturated carbocycles. The van der Waals surface area contributed by atoms with Gasteiger partial charge in [0.25, 0.3) is 0 Å². The van der Waals surface area contributed by atoms with Crippen molar-refractivity contribution in [3.05, 3.63) is 77.9 Å². The SMILES string of the molecule is CC(C)(N)CC(=O)N[C@@H]1CCc2cc(O)ccc2N(Cc2ccc(-c3ccccc3-c3nn[nH]n3)cc2)C1=O. The first kappa shape index (κ1) is 26.1. The molecule has 2 amide bonds. The number of H-pyrrole nitrogens is 1. The molecule has 0 saturated heterocycles. The summed E-state index contributed by atoms with van der Waals surface area (Å²) in [5.74, 6) is 0.183. The number of amides is 2. The van der Waals surface area contributed by atoms with Gasteiger partial charge in [0.15, 0.2) is 0 Å². The van der Waals surface area contributed by atoms with Crippen molar-refractivity contribution in [2.45, 2.75) is 51.2 Å². The van der Waals surface area contributed by atoms with Gasteiger partial charge >= 0.3 is 0 Å². The molecule has 0 radical (unpaired) electrons. The molecule has 0 bridgehead atoms. The number of nitrogens with two attached hydrogens (primary N) is 1. The van der Waals surface area contributed by atoms with E-state index in [0.29, 0.717) is 25.2 Å². The highest BCUT2D eigenvalue weighted by atomic mass is 16.3. The van der Waals surface area contributed by atoms with E-state index in [-0.39, 0.29) is 24.0 Å². The number of tetrazole rings is 1. The lowest BCUT2D eigenvalue weighted by molar-refractivity contribution is -0.128. The molecule has 1 aromatic heterocycles. The first-order chi connectivity index (χ1) is 18.7. The number of nitrogens with zero attached hydrogens (tertiary/aromatic N) is 4. The third kappa shape index (κ3) is 5.96. The third-order valence-corrected chi connectivity index (χ3v) is 6.69. The molecule has 0 fully saturated rings. The summed E-state index contributed by atoms with van der Waals surface area (Å²) < 4.78 is 0. The summed E-state index contributed by atoms with van der Waals surface area (Å²) in [6.07, 6.45) is 1.07. The van der Waals surface area contributed by atoms with Crippen molar-refractivity contribution < 1.29 is 14.7 Å². The number of nitrogens with one attached hydrogen (secondary N) is 2. The Labute approximate surface area is 226 Å². The number of aromatic hydroxyl groups is 1. The van der Waals surface area contributed by atoms with Crippen LogP contribution >= 0.6 is 0 Å². The number of benzene rings is 3. The Morgan fingerprint density at radius 1 is 1.13 bits per heavy atom. The Bertz CT molecular complexity index is 1480. The van der Waals surface area contributed by atoms with Crippen LogP contribution in [0.4, 0.5) is 5.69 Å². The summed E-state index contributed by atoms with van der Waals surface area (Å²) in [6.45, 7) is 3.85. The summed E-state index contributed by atoms with van der Waals surface area (Å²) in [4.78, 5) is 28.1. The minimum Gasteiger partial charge on any atom is -0.508 e. The zero-order valence-corrected chi connectivity index (χ0v) is 21.9. The molecule has 0 unspecified atom stereocenters. The molecule has 0 spiro atoms. The van der Waals surface area contributed by atoms with Gasteiger partial charge in [-0.2, -0.15) is 5.21 Å². The molecular weight excluding hydrogens is 494 g/mol. The van der Waals surface area contributed by atoms with Gasteiger partial charge in [-0.15, -0.1) is 10.2 Å². The Morgan fingerprint density at radius 3 is 2.56 bits per heavy atom. The van der Waals surface area contributed by atoms with E-state index in [2.05, 4.69) is 25.9 Å². The van der Waals surface area contributed by atoms with Gasteiger partial charge in [0.2, 0.25) is 17.6 Å². The highest BCUT2D eigenvalue weighted by molar-refractivity contribution is 6.00. The Balaban J connectivity index is 1.42. The molecular formula is C29H31N7O3. The van der Waals surface area contributed by atoms with Crippen LogP contribution < -0.4 is 16.0 Å². The van der Waals surface area contributed by atoms with Crippen LogP contribution in [-0.4, -0.2) is 49.1 Å². The number of carbonyl (C=O) groups is 2. The summed E-state index contributed by atoms with van der Waals surface area (Å²) in [5.41, 5.74) is 10.6. The minimum atomic E-state index is -0.699. The molecule has 0 aliphatic carbocycles. The Kier molecular flexibility index (Phi) is 7.12. The summed E-state index contributed by atoms with van der Waals surface area (Å²) >= 11 is 0. The van der Waals surface area contributed by atoms with E-state index >= 15 is 0 Å². The van der Waals surface area contributed by atoms with Crippen LogP contribution in [0.15, 0.2) is 66.7 Å². The predicted molar refractivity (Wildman–Crippen MR) is 147 cm³/mol. The van der Waals surface area contributed by atoms with Gasteiger partial charge < -0.3 is 21.1 Å². The monoisotopic (exact) mass is 525 g/mol. The lowest BCUT2D eigenvalue weighted by Gasteiger charge is -2.27. The highest BCUT2D eigenvalue weighted by Gasteiger charge is 2.32. The van der Waals surface area contributed by atoms with E-state index < -0.39 is 11.6 Å². The fourth-order valence-electron chi connectivity index (χ4n) is 4.90. The van der Waals surface area contributed by atoms with Crippen molar-refractivity contribution in [3.63, 3.8) is 0 Å². The first-order valence-corrected chi connectivity index (χ1v) is 12.8. The first-order valence-electron chi connectivity index (χ1n) is 12.8. The van der Waals surface area contributed by atoms with Crippen molar-refractivity contribution >= 4 is 17.5 Å². The molecule has 5 N–H and O–H groups in total. The second kappa shape index (κ2) is 10.7. The summed E-state index contributed by atoms with van der Waals surface area (Å²) in [6, 6.07) is 20.1. The van der Waals surface area contributed by atoms with E-state index in [4.69, 9.17) is 5.73 Å². The van der Waals surface area contributed by atoms with E-state index in [1.165, 1.54) is 0 Å². The van der Waals surface area contributed by atoms with Crippen LogP contribution in [-0.2, 0) is 22.6 Å². The molecule has 39 heavy (non-hydrogen) atoms. The fraction of sp³-hybridized carbons (Fsp3) is 0.276. The zero-order chi connectivity index (χ0) is 27.6. The molecule has 1 aliphatic heterocycles. The number of hydrogen-bond donors (Lipinski definition) is 4. The van der Waals surface area contributed by atoms with Gasteiger partial charge in [0.1, 0.15) is 11.8 Å². The van der Waals surface area contributed by atoms with E-state index in [1.807, 2.05) is 48.5 Å². The van der Waals surface area contributed by atoms with Gasteiger partial charge in [-0.1, -0.05) is 48.5 Å². The molecule has 4 aromatic rings. The second-order valence-electron chi connectivity index (χ2n) is 10.5. The summed E-state index contributed by atoms with van der Waals surface area (Å²) in [5, 5.41) is 27.4. The number of rotatable bonds is 7. The maximum Gasteiger partial charge on any atom is 0.249 e. The normalized spacial score (nSPS) is 15.5. The molecule has 5 rings (SSSR count). The summed E-state index contributed by atoms with van der Waals surface area (Å²) in [7, 11) is 0. The number of aryl methyl sites for hydroxylation is 1. The Hall–Kier alpha value is -4.57. The van der Waals surface area contributed by atoms with Crippen molar-refractivity contribution in [1.29, 1.82) is 0 Å². The zero-order valence-electron chi connectivity index (χ0n) is 21.9. The van der Waals surface area contributed by atoms with Gasteiger partial charge in [0.05, 0.1) is 6.54 Å². The number of carbonyl (C=O) groups excluding carboxylic acids is 2. The second-order valence-corrected chi connectivity index (χ2v) is 10.5. The van der Waals surface area contributed by atoms with Gasteiger partial charge in [-0.25, -0.2) is 0 Å². The van der Waals surface area contributed by atoms with Gasteiger partial charge in [0, 0.05) is 23.2 Å². The maximum atomic E-state index is 13.8. The maximum absolute atomic E-state index is 13.8. The molecule has 1 aliphatic rings. The van der Waals surface area contributed by atoms with Crippen molar-refractivity contribution in [1.82, 2.24) is 25.9 Å². The number of phenols is 1. The van der Waals surface area contributed by atoms with Crippen LogP contribution in [0.1, 0.15) is 37.8 Å². The fourth-order valence-corrected chi connectivity index (χ4v) is 4.90. The largest absolute Gasteiger partial charge is 0.508 e. The smallest absolute Gasteiger partial charge is 0.249 e. The topological polar surface area (TPSA) is 150 Å². The number of phenolic OH excluding ortho intramolecular Hbond substituents is 1. The number of hydrogen-bond acceptors (Lipinski definition) is 7. The number of anilines is 1. The number of aromatic amines is 1. The Morgan fingerprint density at radius 2 is 1.87 bits per heavy atom. The quantitative estimate of drug-likeness (QED) is 0.289. The highest BCUT2D eigenvalue weighted by Crippen LogP contribution is 2.33.